The SMILES string of the molecule is S=C(CC1CCCCC1)N1CCCC1. The lowest BCUT2D eigenvalue weighted by atomic mass is 9.87. The molecule has 1 aliphatic carbocycles. The fourth-order valence-electron chi connectivity index (χ4n) is 2.73. The van der Waals surface area contributed by atoms with E-state index in [2.05, 4.69) is 4.90 Å². The number of hydrogen-bond donors (Lipinski definition) is 0. The van der Waals surface area contributed by atoms with Gasteiger partial charge < -0.3 is 4.90 Å². The summed E-state index contributed by atoms with van der Waals surface area (Å²) in [5.41, 5.74) is 0. The summed E-state index contributed by atoms with van der Waals surface area (Å²) in [5, 5.41) is 0. The average Bonchev–Trinajstić information content (AvgIpc) is 2.72. The van der Waals surface area contributed by atoms with E-state index in [0.29, 0.717) is 0 Å². The summed E-state index contributed by atoms with van der Waals surface area (Å²) in [6.07, 6.45) is 11.1. The first-order valence-electron chi connectivity index (χ1n) is 6.14. The van der Waals surface area contributed by atoms with Gasteiger partial charge >= 0.3 is 0 Å². The molecule has 1 heterocycles. The second-order valence-corrected chi connectivity index (χ2v) is 5.27. The summed E-state index contributed by atoms with van der Waals surface area (Å²) in [7, 11) is 0. The van der Waals surface area contributed by atoms with Gasteiger partial charge in [-0.2, -0.15) is 0 Å². The van der Waals surface area contributed by atoms with Gasteiger partial charge in [0.25, 0.3) is 0 Å². The standard InChI is InChI=1S/C12H21NS/c14-12(13-8-4-5-9-13)10-11-6-2-1-3-7-11/h11H,1-10H2. The van der Waals surface area contributed by atoms with Crippen molar-refractivity contribution in [3.05, 3.63) is 0 Å². The molecule has 1 nitrogen and oxygen atoms in total. The molecule has 0 unspecified atom stereocenters. The molecule has 2 fully saturated rings. The van der Waals surface area contributed by atoms with Crippen molar-refractivity contribution in [2.75, 3.05) is 13.1 Å². The Hall–Kier alpha value is -0.110. The highest BCUT2D eigenvalue weighted by Crippen LogP contribution is 2.27. The number of likely N-dealkylation sites (tertiary alicyclic amines) is 1. The van der Waals surface area contributed by atoms with Crippen LogP contribution in [0.4, 0.5) is 0 Å². The van der Waals surface area contributed by atoms with Gasteiger partial charge in [-0.05, 0) is 18.8 Å². The molecule has 0 atom stereocenters. The summed E-state index contributed by atoms with van der Waals surface area (Å²) in [4.78, 5) is 3.69. The van der Waals surface area contributed by atoms with Crippen LogP contribution in [0.15, 0.2) is 0 Å². The molecule has 80 valence electrons. The molecule has 1 saturated heterocycles. The topological polar surface area (TPSA) is 3.24 Å². The lowest BCUT2D eigenvalue weighted by Crippen LogP contribution is -2.28. The third-order valence-electron chi connectivity index (χ3n) is 3.65. The summed E-state index contributed by atoms with van der Waals surface area (Å²) in [6.45, 7) is 2.46. The van der Waals surface area contributed by atoms with Gasteiger partial charge in [-0.1, -0.05) is 44.3 Å². The van der Waals surface area contributed by atoms with Crippen LogP contribution in [0.2, 0.25) is 0 Å². The molecule has 0 bridgehead atoms. The van der Waals surface area contributed by atoms with Gasteiger partial charge in [0, 0.05) is 19.5 Å². The second-order valence-electron chi connectivity index (χ2n) is 4.80. The number of rotatable bonds is 2. The van der Waals surface area contributed by atoms with Crippen molar-refractivity contribution in [2.45, 2.75) is 51.4 Å². The maximum absolute atomic E-state index is 5.52. The number of nitrogens with zero attached hydrogens (tertiary/aromatic N) is 1. The van der Waals surface area contributed by atoms with Gasteiger partial charge in [-0.3, -0.25) is 0 Å². The van der Waals surface area contributed by atoms with Crippen molar-refractivity contribution < 1.29 is 0 Å². The van der Waals surface area contributed by atoms with E-state index in [-0.39, 0.29) is 0 Å². The first-order chi connectivity index (χ1) is 6.86. The Bertz CT molecular complexity index is 190. The van der Waals surface area contributed by atoms with Crippen LogP contribution in [-0.4, -0.2) is 23.0 Å². The molecule has 0 radical (unpaired) electrons. The van der Waals surface area contributed by atoms with Crippen LogP contribution in [0.3, 0.4) is 0 Å². The summed E-state index contributed by atoms with van der Waals surface area (Å²) >= 11 is 5.52. The van der Waals surface area contributed by atoms with E-state index in [4.69, 9.17) is 12.2 Å². The summed E-state index contributed by atoms with van der Waals surface area (Å²) in [6, 6.07) is 0. The normalized spacial score (nSPS) is 24.1. The molecular formula is C12H21NS. The lowest BCUT2D eigenvalue weighted by Gasteiger charge is -2.25. The minimum absolute atomic E-state index is 0.914. The van der Waals surface area contributed by atoms with E-state index in [9.17, 15) is 0 Å². The molecule has 2 aliphatic rings. The highest BCUT2D eigenvalue weighted by molar-refractivity contribution is 7.80. The molecule has 2 rings (SSSR count). The van der Waals surface area contributed by atoms with Crippen molar-refractivity contribution in [3.63, 3.8) is 0 Å². The molecule has 0 amide bonds. The van der Waals surface area contributed by atoms with E-state index in [1.54, 1.807) is 0 Å². The smallest absolute Gasteiger partial charge is 0.0782 e. The Kier molecular flexibility index (Phi) is 3.80. The molecule has 0 N–H and O–H groups in total. The Morgan fingerprint density at radius 1 is 1.00 bits per heavy atom. The fourth-order valence-corrected chi connectivity index (χ4v) is 3.15. The first kappa shape index (κ1) is 10.4. The average molecular weight is 211 g/mol. The largest absolute Gasteiger partial charge is 0.366 e. The second kappa shape index (κ2) is 5.11. The van der Waals surface area contributed by atoms with E-state index in [1.807, 2.05) is 0 Å². The third-order valence-corrected chi connectivity index (χ3v) is 4.07. The molecule has 14 heavy (non-hydrogen) atoms. The highest BCUT2D eigenvalue weighted by atomic mass is 32.1. The fraction of sp³-hybridized carbons (Fsp3) is 0.917. The van der Waals surface area contributed by atoms with E-state index in [1.165, 1.54) is 69.4 Å². The van der Waals surface area contributed by atoms with Crippen molar-refractivity contribution in [1.82, 2.24) is 4.90 Å². The molecule has 2 heteroatoms. The third kappa shape index (κ3) is 2.69. The van der Waals surface area contributed by atoms with Crippen molar-refractivity contribution in [1.29, 1.82) is 0 Å². The van der Waals surface area contributed by atoms with Crippen LogP contribution in [0.5, 0.6) is 0 Å². The predicted molar refractivity (Wildman–Crippen MR) is 64.6 cm³/mol. The van der Waals surface area contributed by atoms with Crippen LogP contribution in [-0.2, 0) is 0 Å². The van der Waals surface area contributed by atoms with Gasteiger partial charge in [0.1, 0.15) is 0 Å². The molecule has 0 spiro atoms. The summed E-state index contributed by atoms with van der Waals surface area (Å²) in [5.74, 6) is 0.914. The lowest BCUT2D eigenvalue weighted by molar-refractivity contribution is 0.358. The van der Waals surface area contributed by atoms with Crippen molar-refractivity contribution in [3.8, 4) is 0 Å². The Morgan fingerprint density at radius 3 is 2.29 bits per heavy atom. The quantitative estimate of drug-likeness (QED) is 0.644. The van der Waals surface area contributed by atoms with Gasteiger partial charge in [0.05, 0.1) is 4.99 Å². The molecule has 0 aromatic heterocycles. The van der Waals surface area contributed by atoms with Crippen molar-refractivity contribution in [2.24, 2.45) is 5.92 Å². The predicted octanol–water partition coefficient (Wildman–Crippen LogP) is 3.38. The molecule has 0 aromatic rings. The maximum atomic E-state index is 5.52. The first-order valence-corrected chi connectivity index (χ1v) is 6.55. The Labute approximate surface area is 92.9 Å². The molecular weight excluding hydrogens is 190 g/mol. The van der Waals surface area contributed by atoms with Gasteiger partial charge in [0.15, 0.2) is 0 Å². The maximum Gasteiger partial charge on any atom is 0.0782 e. The van der Waals surface area contributed by atoms with Crippen LogP contribution < -0.4 is 0 Å². The minimum atomic E-state index is 0.914. The van der Waals surface area contributed by atoms with Crippen molar-refractivity contribution >= 4 is 17.2 Å². The molecule has 1 saturated carbocycles. The van der Waals surface area contributed by atoms with Gasteiger partial charge in [0.2, 0.25) is 0 Å². The zero-order valence-corrected chi connectivity index (χ0v) is 9.82. The van der Waals surface area contributed by atoms with Crippen LogP contribution in [0.25, 0.3) is 0 Å². The Balaban J connectivity index is 1.75. The Morgan fingerprint density at radius 2 is 1.64 bits per heavy atom. The van der Waals surface area contributed by atoms with Crippen LogP contribution in [0.1, 0.15) is 51.4 Å². The van der Waals surface area contributed by atoms with E-state index >= 15 is 0 Å². The zero-order chi connectivity index (χ0) is 9.80. The number of thiocarbonyl (C=S) groups is 1. The highest BCUT2D eigenvalue weighted by Gasteiger charge is 2.20. The summed E-state index contributed by atoms with van der Waals surface area (Å²) < 4.78 is 0. The minimum Gasteiger partial charge on any atom is -0.366 e. The van der Waals surface area contributed by atoms with Crippen LogP contribution in [0, 0.1) is 5.92 Å². The zero-order valence-electron chi connectivity index (χ0n) is 9.00. The van der Waals surface area contributed by atoms with Crippen LogP contribution >= 0.6 is 12.2 Å². The molecule has 1 aliphatic heterocycles. The van der Waals surface area contributed by atoms with E-state index < -0.39 is 0 Å². The monoisotopic (exact) mass is 211 g/mol. The van der Waals surface area contributed by atoms with Gasteiger partial charge in [-0.25, -0.2) is 0 Å². The molecule has 0 aromatic carbocycles. The van der Waals surface area contributed by atoms with E-state index in [0.717, 1.165) is 5.92 Å². The van der Waals surface area contributed by atoms with Gasteiger partial charge in [-0.15, -0.1) is 0 Å². The number of hydrogen-bond acceptors (Lipinski definition) is 1.